The van der Waals surface area contributed by atoms with Crippen LogP contribution in [0.3, 0.4) is 0 Å². The molecule has 2 aromatic rings. The van der Waals surface area contributed by atoms with Crippen LogP contribution in [0.15, 0.2) is 47.5 Å². The third-order valence-electron chi connectivity index (χ3n) is 4.08. The van der Waals surface area contributed by atoms with E-state index < -0.39 is 42.3 Å². The molecule has 1 fully saturated rings. The topological polar surface area (TPSA) is 97.0 Å². The van der Waals surface area contributed by atoms with E-state index in [1.54, 1.807) is 18.2 Å². The Hall–Kier alpha value is -1.59. The van der Waals surface area contributed by atoms with Crippen LogP contribution in [-0.2, 0) is 9.47 Å². The minimum atomic E-state index is -1.40. The molecule has 0 aliphatic carbocycles. The predicted molar refractivity (Wildman–Crippen MR) is 111 cm³/mol. The second-order valence-corrected chi connectivity index (χ2v) is 8.28. The van der Waals surface area contributed by atoms with Crippen molar-refractivity contribution >= 4 is 40.7 Å². The average molecular weight is 479 g/mol. The molecule has 0 amide bonds. The molecule has 1 saturated heterocycles. The number of rotatable bonds is 6. The van der Waals surface area contributed by atoms with Crippen molar-refractivity contribution in [3.63, 3.8) is 0 Å². The minimum absolute atomic E-state index is 0.0362. The number of halogens is 4. The Labute approximate surface area is 185 Å². The van der Waals surface area contributed by atoms with E-state index in [-0.39, 0.29) is 11.3 Å². The number of ether oxygens (including phenoxy) is 2. The zero-order chi connectivity index (χ0) is 21.8. The molecule has 11 heteroatoms. The highest BCUT2D eigenvalue weighted by Crippen LogP contribution is 2.35. The Morgan fingerprint density at radius 1 is 1.13 bits per heavy atom. The Balaban J connectivity index is 1.79. The number of nitrogens with one attached hydrogen (secondary N) is 1. The van der Waals surface area contributed by atoms with Crippen molar-refractivity contribution in [3.05, 3.63) is 69.8 Å². The lowest BCUT2D eigenvalue weighted by Gasteiger charge is -2.38. The molecule has 4 atom stereocenters. The van der Waals surface area contributed by atoms with Gasteiger partial charge in [-0.1, -0.05) is 35.0 Å². The first-order valence-corrected chi connectivity index (χ1v) is 10.3. The number of benzene rings is 2. The van der Waals surface area contributed by atoms with Crippen molar-refractivity contribution in [1.29, 1.82) is 0 Å². The summed E-state index contributed by atoms with van der Waals surface area (Å²) in [6, 6.07) is 7.86. The average Bonchev–Trinajstić information content (AvgIpc) is 2.69. The molecule has 0 saturated carbocycles. The van der Waals surface area contributed by atoms with Crippen molar-refractivity contribution in [1.82, 2.24) is 5.32 Å². The second-order valence-electron chi connectivity index (χ2n) is 6.29. The molecule has 3 unspecified atom stereocenters. The zero-order valence-electron chi connectivity index (χ0n) is 15.3. The van der Waals surface area contributed by atoms with Gasteiger partial charge in [-0.05, 0) is 30.3 Å². The molecule has 0 bridgehead atoms. The van der Waals surface area contributed by atoms with Gasteiger partial charge in [0.25, 0.3) is 0 Å². The van der Waals surface area contributed by atoms with E-state index in [1.165, 1.54) is 18.0 Å². The van der Waals surface area contributed by atoms with Crippen LogP contribution in [0.2, 0.25) is 10.0 Å². The minimum Gasteiger partial charge on any atom is -0.397 e. The molecule has 1 aliphatic rings. The van der Waals surface area contributed by atoms with Crippen LogP contribution >= 0.6 is 35.0 Å². The van der Waals surface area contributed by atoms with Gasteiger partial charge in [-0.2, -0.15) is 0 Å². The lowest BCUT2D eigenvalue weighted by atomic mass is 10.1. The Morgan fingerprint density at radius 3 is 2.47 bits per heavy atom. The largest absolute Gasteiger partial charge is 0.397 e. The maximum atomic E-state index is 13.4. The van der Waals surface area contributed by atoms with Gasteiger partial charge in [0.05, 0.1) is 22.3 Å². The van der Waals surface area contributed by atoms with Crippen LogP contribution in [0.4, 0.5) is 8.78 Å². The molecule has 0 spiro atoms. The van der Waals surface area contributed by atoms with Gasteiger partial charge in [-0.15, -0.1) is 0 Å². The lowest BCUT2D eigenvalue weighted by Crippen LogP contribution is -2.53. The van der Waals surface area contributed by atoms with Crippen LogP contribution in [-0.4, -0.2) is 40.9 Å². The fraction of sp³-hybridized carbons (Fsp3) is 0.263. The molecule has 3 rings (SSSR count). The van der Waals surface area contributed by atoms with Gasteiger partial charge in [0, 0.05) is 22.7 Å². The molecule has 0 radical (unpaired) electrons. The Bertz CT molecular complexity index is 917. The molecule has 1 aliphatic heterocycles. The first-order valence-electron chi connectivity index (χ1n) is 8.66. The van der Waals surface area contributed by atoms with Gasteiger partial charge in [-0.25, -0.2) is 8.78 Å². The van der Waals surface area contributed by atoms with E-state index in [2.05, 4.69) is 5.32 Å². The van der Waals surface area contributed by atoms with E-state index in [4.69, 9.17) is 38.4 Å². The number of aliphatic hydroxyl groups is 2. The van der Waals surface area contributed by atoms with E-state index in [9.17, 15) is 19.0 Å². The summed E-state index contributed by atoms with van der Waals surface area (Å²) < 4.78 is 38.0. The van der Waals surface area contributed by atoms with E-state index in [1.807, 2.05) is 0 Å². The van der Waals surface area contributed by atoms with Gasteiger partial charge in [0.2, 0.25) is 0 Å². The van der Waals surface area contributed by atoms with Gasteiger partial charge < -0.3 is 30.7 Å². The van der Waals surface area contributed by atoms with E-state index >= 15 is 0 Å². The smallest absolute Gasteiger partial charge is 0.186 e. The van der Waals surface area contributed by atoms with Crippen LogP contribution in [0.5, 0.6) is 0 Å². The zero-order valence-corrected chi connectivity index (χ0v) is 17.6. The monoisotopic (exact) mass is 478 g/mol. The highest BCUT2D eigenvalue weighted by molar-refractivity contribution is 7.99. The highest BCUT2D eigenvalue weighted by atomic mass is 35.5. The fourth-order valence-corrected chi connectivity index (χ4v) is 4.04. The van der Waals surface area contributed by atoms with Crippen LogP contribution < -0.4 is 11.1 Å². The predicted octanol–water partition coefficient (Wildman–Crippen LogP) is 3.29. The standard InChI is InChI=1S/C19H18Cl2F2N2O4S/c20-13-2-1-12(6-14(13)21)30-19-17(29-18(27)16(8-26)28-19)25-7-15(24)9-3-10(22)5-11(23)4-9/h1-7,16-19,25-27H,8,24H2/b15-7-/t16?,17-,18?,19?/m1/s1. The van der Waals surface area contributed by atoms with E-state index in [0.717, 1.165) is 18.2 Å². The molecule has 0 aromatic heterocycles. The maximum absolute atomic E-state index is 13.4. The van der Waals surface area contributed by atoms with Crippen LogP contribution in [0.25, 0.3) is 5.70 Å². The molecular weight excluding hydrogens is 461 g/mol. The molecule has 6 nitrogen and oxygen atoms in total. The van der Waals surface area contributed by atoms with Gasteiger partial charge >= 0.3 is 0 Å². The third kappa shape index (κ3) is 5.76. The summed E-state index contributed by atoms with van der Waals surface area (Å²) in [7, 11) is 0. The van der Waals surface area contributed by atoms with Crippen molar-refractivity contribution in [2.24, 2.45) is 5.73 Å². The Morgan fingerprint density at radius 2 is 1.83 bits per heavy atom. The van der Waals surface area contributed by atoms with Crippen LogP contribution in [0.1, 0.15) is 5.56 Å². The highest BCUT2D eigenvalue weighted by Gasteiger charge is 2.38. The first kappa shape index (κ1) is 23.1. The Kier molecular flexibility index (Phi) is 7.81. The summed E-state index contributed by atoms with van der Waals surface area (Å²) in [5.74, 6) is -1.54. The third-order valence-corrected chi connectivity index (χ3v) is 5.94. The van der Waals surface area contributed by atoms with Gasteiger partial charge in [0.1, 0.15) is 17.7 Å². The van der Waals surface area contributed by atoms with Crippen molar-refractivity contribution in [2.45, 2.75) is 29.0 Å². The van der Waals surface area contributed by atoms with Gasteiger partial charge in [-0.3, -0.25) is 0 Å². The normalized spacial score (nSPS) is 24.7. The molecule has 1 heterocycles. The summed E-state index contributed by atoms with van der Waals surface area (Å²) in [5.41, 5.74) is 5.32. The number of hydrogen-bond acceptors (Lipinski definition) is 7. The maximum Gasteiger partial charge on any atom is 0.186 e. The number of aliphatic hydroxyl groups excluding tert-OH is 2. The molecule has 30 heavy (non-hydrogen) atoms. The number of nitrogens with two attached hydrogens (primary N) is 1. The molecule has 162 valence electrons. The molecule has 5 N–H and O–H groups in total. The molecule has 2 aromatic carbocycles. The quantitative estimate of drug-likeness (QED) is 0.505. The number of thioether (sulfide) groups is 1. The van der Waals surface area contributed by atoms with E-state index in [0.29, 0.717) is 14.9 Å². The summed E-state index contributed by atoms with van der Waals surface area (Å²) >= 11 is 13.2. The SMILES string of the molecule is N/C(=C\N[C@@H]1OC(O)C(CO)OC1Sc1ccc(Cl)c(Cl)c1)c1cc(F)cc(F)c1. The van der Waals surface area contributed by atoms with Crippen molar-refractivity contribution in [3.8, 4) is 0 Å². The van der Waals surface area contributed by atoms with Crippen molar-refractivity contribution in [2.75, 3.05) is 6.61 Å². The van der Waals surface area contributed by atoms with Crippen molar-refractivity contribution < 1.29 is 28.5 Å². The fourth-order valence-electron chi connectivity index (χ4n) is 2.61. The lowest BCUT2D eigenvalue weighted by molar-refractivity contribution is -0.275. The first-order chi connectivity index (χ1) is 14.3. The number of hydrogen-bond donors (Lipinski definition) is 4. The second kappa shape index (κ2) is 10.1. The van der Waals surface area contributed by atoms with Crippen LogP contribution in [0, 0.1) is 11.6 Å². The summed E-state index contributed by atoms with van der Waals surface area (Å²) in [6.07, 6.45) is -2.00. The van der Waals surface area contributed by atoms with Gasteiger partial charge in [0.15, 0.2) is 18.0 Å². The molecular formula is C19H18Cl2F2N2O4S. The summed E-state index contributed by atoms with van der Waals surface area (Å²) in [6.45, 7) is -0.465. The summed E-state index contributed by atoms with van der Waals surface area (Å²) in [5, 5.41) is 23.0. The summed E-state index contributed by atoms with van der Waals surface area (Å²) in [4.78, 5) is 0.696.